The topological polar surface area (TPSA) is 58.6 Å². The number of rotatable bonds is 6. The van der Waals surface area contributed by atoms with Crippen LogP contribution in [0.4, 0.5) is 4.39 Å². The van der Waals surface area contributed by atoms with Gasteiger partial charge in [0.2, 0.25) is 0 Å². The molecule has 0 saturated heterocycles. The number of carbonyl (C=O) groups excluding carboxylic acids is 1. The lowest BCUT2D eigenvalue weighted by Crippen LogP contribution is -2.46. The van der Waals surface area contributed by atoms with Crippen molar-refractivity contribution in [3.63, 3.8) is 0 Å². The Bertz CT molecular complexity index is 452. The number of aliphatic hydroxyl groups excluding tert-OH is 1. The van der Waals surface area contributed by atoms with E-state index < -0.39 is 11.4 Å². The Kier molecular flexibility index (Phi) is 5.57. The molecule has 19 heavy (non-hydrogen) atoms. The molecule has 4 nitrogen and oxygen atoms in total. The summed E-state index contributed by atoms with van der Waals surface area (Å²) in [5.41, 5.74) is -0.512. The number of hydrogen-bond donors (Lipinski definition) is 2. The van der Waals surface area contributed by atoms with Gasteiger partial charge in [-0.15, -0.1) is 0 Å². The SMILES string of the molecule is CC(C)(CCO)NC(=O)COc1ccc(F)cc1Cl. The molecule has 0 radical (unpaired) electrons. The van der Waals surface area contributed by atoms with Crippen molar-refractivity contribution < 1.29 is 19.0 Å². The first-order chi connectivity index (χ1) is 8.84. The summed E-state index contributed by atoms with van der Waals surface area (Å²) in [6.07, 6.45) is 0.441. The van der Waals surface area contributed by atoms with Crippen molar-refractivity contribution in [1.82, 2.24) is 5.32 Å². The molecule has 2 N–H and O–H groups in total. The van der Waals surface area contributed by atoms with E-state index in [0.717, 1.165) is 6.07 Å². The fourth-order valence-electron chi connectivity index (χ4n) is 1.49. The predicted molar refractivity (Wildman–Crippen MR) is 70.8 cm³/mol. The lowest BCUT2D eigenvalue weighted by molar-refractivity contribution is -0.124. The minimum absolute atomic E-state index is 0.0159. The third-order valence-electron chi connectivity index (χ3n) is 2.47. The molecular formula is C13H17ClFNO3. The summed E-state index contributed by atoms with van der Waals surface area (Å²) in [6.45, 7) is 3.36. The van der Waals surface area contributed by atoms with Gasteiger partial charge < -0.3 is 15.2 Å². The molecule has 0 bridgehead atoms. The number of ether oxygens (including phenoxy) is 1. The second kappa shape index (κ2) is 6.73. The number of hydrogen-bond acceptors (Lipinski definition) is 3. The zero-order valence-corrected chi connectivity index (χ0v) is 11.6. The van der Waals surface area contributed by atoms with Crippen LogP contribution in [-0.4, -0.2) is 29.8 Å². The molecule has 6 heteroatoms. The van der Waals surface area contributed by atoms with E-state index in [1.165, 1.54) is 12.1 Å². The third-order valence-corrected chi connectivity index (χ3v) is 2.76. The average molecular weight is 290 g/mol. The first-order valence-electron chi connectivity index (χ1n) is 5.84. The summed E-state index contributed by atoms with van der Waals surface area (Å²) in [5, 5.41) is 11.7. The van der Waals surface area contributed by atoms with Gasteiger partial charge in [-0.3, -0.25) is 4.79 Å². The van der Waals surface area contributed by atoms with Crippen LogP contribution in [-0.2, 0) is 4.79 Å². The molecule has 106 valence electrons. The summed E-state index contributed by atoms with van der Waals surface area (Å²) in [4.78, 5) is 11.7. The molecule has 0 fully saturated rings. The summed E-state index contributed by atoms with van der Waals surface area (Å²) >= 11 is 5.77. The Morgan fingerprint density at radius 1 is 1.53 bits per heavy atom. The maximum absolute atomic E-state index is 12.8. The standard InChI is InChI=1S/C13H17ClFNO3/c1-13(2,5-6-17)16-12(18)8-19-11-4-3-9(15)7-10(11)14/h3-4,7,17H,5-6,8H2,1-2H3,(H,16,18). The number of halogens is 2. The van der Waals surface area contributed by atoms with Crippen molar-refractivity contribution in [3.8, 4) is 5.75 Å². The molecule has 0 aliphatic carbocycles. The quantitative estimate of drug-likeness (QED) is 0.843. The van der Waals surface area contributed by atoms with Gasteiger partial charge in [0.1, 0.15) is 11.6 Å². The van der Waals surface area contributed by atoms with E-state index in [1.54, 1.807) is 13.8 Å². The minimum Gasteiger partial charge on any atom is -0.482 e. The van der Waals surface area contributed by atoms with Gasteiger partial charge in [0.25, 0.3) is 5.91 Å². The van der Waals surface area contributed by atoms with Gasteiger partial charge in [0.05, 0.1) is 5.02 Å². The summed E-state index contributed by atoms with van der Waals surface area (Å²) in [7, 11) is 0. The summed E-state index contributed by atoms with van der Waals surface area (Å²) in [6, 6.07) is 3.68. The Labute approximate surface area is 116 Å². The van der Waals surface area contributed by atoms with Crippen LogP contribution in [0.25, 0.3) is 0 Å². The average Bonchev–Trinajstić information content (AvgIpc) is 2.26. The fraction of sp³-hybridized carbons (Fsp3) is 0.462. The Hall–Kier alpha value is -1.33. The van der Waals surface area contributed by atoms with Crippen molar-refractivity contribution in [2.45, 2.75) is 25.8 Å². The van der Waals surface area contributed by atoms with Crippen molar-refractivity contribution in [2.24, 2.45) is 0 Å². The van der Waals surface area contributed by atoms with Crippen molar-refractivity contribution in [2.75, 3.05) is 13.2 Å². The van der Waals surface area contributed by atoms with Crippen molar-refractivity contribution in [1.29, 1.82) is 0 Å². The third kappa shape index (κ3) is 5.44. The molecule has 0 aliphatic heterocycles. The monoisotopic (exact) mass is 289 g/mol. The number of amides is 1. The highest BCUT2D eigenvalue weighted by Crippen LogP contribution is 2.24. The van der Waals surface area contributed by atoms with Gasteiger partial charge in [-0.25, -0.2) is 4.39 Å². The van der Waals surface area contributed by atoms with E-state index in [2.05, 4.69) is 5.32 Å². The molecule has 0 aliphatic rings. The van der Waals surface area contributed by atoms with Gasteiger partial charge in [-0.05, 0) is 38.5 Å². The molecule has 0 atom stereocenters. The molecule has 1 aromatic carbocycles. The van der Waals surface area contributed by atoms with E-state index >= 15 is 0 Å². The lowest BCUT2D eigenvalue weighted by atomic mass is 10.0. The molecule has 0 aromatic heterocycles. The molecule has 0 unspecified atom stereocenters. The molecular weight excluding hydrogens is 273 g/mol. The first-order valence-corrected chi connectivity index (χ1v) is 6.21. The van der Waals surface area contributed by atoms with E-state index in [9.17, 15) is 9.18 Å². The van der Waals surface area contributed by atoms with Crippen LogP contribution < -0.4 is 10.1 Å². The van der Waals surface area contributed by atoms with Gasteiger partial charge in [0.15, 0.2) is 6.61 Å². The van der Waals surface area contributed by atoms with Crippen LogP contribution >= 0.6 is 11.6 Å². The molecule has 0 spiro atoms. The lowest BCUT2D eigenvalue weighted by Gasteiger charge is -2.25. The van der Waals surface area contributed by atoms with Gasteiger partial charge >= 0.3 is 0 Å². The number of carbonyl (C=O) groups is 1. The van der Waals surface area contributed by atoms with E-state index in [-0.39, 0.29) is 29.9 Å². The van der Waals surface area contributed by atoms with E-state index in [4.69, 9.17) is 21.4 Å². The Morgan fingerprint density at radius 2 is 2.21 bits per heavy atom. The summed E-state index contributed by atoms with van der Waals surface area (Å²) in [5.74, 6) is -0.553. The highest BCUT2D eigenvalue weighted by atomic mass is 35.5. The predicted octanol–water partition coefficient (Wildman–Crippen LogP) is 2.14. The van der Waals surface area contributed by atoms with Crippen LogP contribution in [0, 0.1) is 5.82 Å². The number of benzene rings is 1. The Morgan fingerprint density at radius 3 is 2.79 bits per heavy atom. The second-order valence-electron chi connectivity index (χ2n) is 4.77. The van der Waals surface area contributed by atoms with Crippen LogP contribution in [0.15, 0.2) is 18.2 Å². The number of nitrogens with one attached hydrogen (secondary N) is 1. The molecule has 1 rings (SSSR count). The highest BCUT2D eigenvalue weighted by Gasteiger charge is 2.20. The zero-order valence-electron chi connectivity index (χ0n) is 10.9. The van der Waals surface area contributed by atoms with Crippen LogP contribution in [0.1, 0.15) is 20.3 Å². The van der Waals surface area contributed by atoms with Crippen molar-refractivity contribution >= 4 is 17.5 Å². The maximum Gasteiger partial charge on any atom is 0.258 e. The molecule has 1 aromatic rings. The van der Waals surface area contributed by atoms with Crippen LogP contribution in [0.3, 0.4) is 0 Å². The summed E-state index contributed by atoms with van der Waals surface area (Å²) < 4.78 is 18.0. The van der Waals surface area contributed by atoms with Crippen LogP contribution in [0.5, 0.6) is 5.75 Å². The molecule has 0 saturated carbocycles. The maximum atomic E-state index is 12.8. The van der Waals surface area contributed by atoms with Crippen LogP contribution in [0.2, 0.25) is 5.02 Å². The van der Waals surface area contributed by atoms with E-state index in [1.807, 2.05) is 0 Å². The van der Waals surface area contributed by atoms with Gasteiger partial charge in [-0.1, -0.05) is 11.6 Å². The number of aliphatic hydroxyl groups is 1. The fourth-order valence-corrected chi connectivity index (χ4v) is 1.71. The molecule has 0 heterocycles. The first kappa shape index (κ1) is 15.7. The van der Waals surface area contributed by atoms with Gasteiger partial charge in [0, 0.05) is 12.1 Å². The molecule has 1 amide bonds. The second-order valence-corrected chi connectivity index (χ2v) is 5.18. The normalized spacial score (nSPS) is 11.2. The zero-order chi connectivity index (χ0) is 14.5. The smallest absolute Gasteiger partial charge is 0.258 e. The van der Waals surface area contributed by atoms with E-state index in [0.29, 0.717) is 6.42 Å². The van der Waals surface area contributed by atoms with Crippen molar-refractivity contribution in [3.05, 3.63) is 29.0 Å². The Balaban J connectivity index is 2.50. The highest BCUT2D eigenvalue weighted by molar-refractivity contribution is 6.32. The van der Waals surface area contributed by atoms with Gasteiger partial charge in [-0.2, -0.15) is 0 Å². The minimum atomic E-state index is -0.512. The largest absolute Gasteiger partial charge is 0.482 e.